The molecule has 7 heteroatoms. The number of methoxy groups -OCH3 is 1. The number of ketones is 2. The number of likely N-dealkylation sites (tertiary alicyclic amines) is 1. The molecule has 1 saturated carbocycles. The topological polar surface area (TPSA) is 76.2 Å². The van der Waals surface area contributed by atoms with Crippen molar-refractivity contribution < 1.29 is 23.9 Å². The minimum Gasteiger partial charge on any atom is -0.493 e. The summed E-state index contributed by atoms with van der Waals surface area (Å²) in [4.78, 5) is 43.4. The number of nitrogens with zero attached hydrogens (tertiary/aromatic N) is 2. The second kappa shape index (κ2) is 12.1. The van der Waals surface area contributed by atoms with Crippen LogP contribution in [0.1, 0.15) is 87.2 Å². The third-order valence-electron chi connectivity index (χ3n) is 10.5. The van der Waals surface area contributed by atoms with E-state index in [0.717, 1.165) is 49.3 Å². The predicted octanol–water partition coefficient (Wildman–Crippen LogP) is 5.62. The molecule has 2 aromatic rings. The van der Waals surface area contributed by atoms with Crippen LogP contribution < -0.4 is 9.47 Å². The molecule has 4 aliphatic rings. The summed E-state index contributed by atoms with van der Waals surface area (Å²) in [6.45, 7) is 8.07. The molecule has 0 N–H and O–H groups in total. The van der Waals surface area contributed by atoms with Gasteiger partial charge in [0.15, 0.2) is 17.3 Å². The normalized spacial score (nSPS) is 26.9. The van der Waals surface area contributed by atoms with Crippen LogP contribution in [0.2, 0.25) is 0 Å². The highest BCUT2D eigenvalue weighted by molar-refractivity contribution is 5.96. The van der Waals surface area contributed by atoms with Crippen molar-refractivity contribution in [1.29, 1.82) is 0 Å². The number of unbranched alkanes of at least 4 members (excludes halogenated alkanes) is 1. The van der Waals surface area contributed by atoms with Crippen molar-refractivity contribution in [2.75, 3.05) is 26.7 Å². The fourth-order valence-corrected chi connectivity index (χ4v) is 8.84. The predicted molar refractivity (Wildman–Crippen MR) is 166 cm³/mol. The molecular formula is C36H46N2O5. The summed E-state index contributed by atoms with van der Waals surface area (Å²) in [6.07, 6.45) is 5.88. The lowest BCUT2D eigenvalue weighted by Gasteiger charge is -2.60. The molecule has 43 heavy (non-hydrogen) atoms. The monoisotopic (exact) mass is 586 g/mol. The third-order valence-corrected chi connectivity index (χ3v) is 10.5. The van der Waals surface area contributed by atoms with E-state index in [0.29, 0.717) is 56.7 Å². The first-order chi connectivity index (χ1) is 20.7. The summed E-state index contributed by atoms with van der Waals surface area (Å²) in [7, 11) is 1.70. The maximum atomic E-state index is 14.0. The number of rotatable bonds is 12. The van der Waals surface area contributed by atoms with Crippen molar-refractivity contribution in [2.24, 2.45) is 11.8 Å². The molecule has 5 atom stereocenters. The molecule has 2 aromatic carbocycles. The Hall–Kier alpha value is -3.19. The summed E-state index contributed by atoms with van der Waals surface area (Å²) < 4.78 is 12.8. The molecule has 2 aliphatic heterocycles. The Morgan fingerprint density at radius 2 is 1.84 bits per heavy atom. The number of hydrogen-bond donors (Lipinski definition) is 0. The molecule has 1 saturated heterocycles. The van der Waals surface area contributed by atoms with Crippen LogP contribution >= 0.6 is 0 Å². The molecule has 6 rings (SSSR count). The minimum atomic E-state index is -0.185. The van der Waals surface area contributed by atoms with Crippen LogP contribution in [0.25, 0.3) is 0 Å². The molecule has 1 amide bonds. The molecule has 230 valence electrons. The van der Waals surface area contributed by atoms with Gasteiger partial charge in [-0.15, -0.1) is 0 Å². The van der Waals surface area contributed by atoms with Gasteiger partial charge in [0.25, 0.3) is 0 Å². The van der Waals surface area contributed by atoms with E-state index >= 15 is 0 Å². The van der Waals surface area contributed by atoms with Crippen molar-refractivity contribution in [1.82, 2.24) is 9.80 Å². The van der Waals surface area contributed by atoms with E-state index in [1.165, 1.54) is 11.1 Å². The van der Waals surface area contributed by atoms with Gasteiger partial charge in [0, 0.05) is 42.0 Å². The number of carbonyl (C=O) groups is 3. The Labute approximate surface area is 255 Å². The number of amides is 1. The SMILES string of the molecule is COc1ccc2c3c1O[C@H]1[C@H](N(CC(C)C)C(=O)CCCCC(=O)c4ccccc4)CC[C@H]4[C@@H](C2)N(CC(C)=O)CC[C@@]341. The maximum Gasteiger partial charge on any atom is 0.222 e. The number of piperidine rings is 1. The average molecular weight is 587 g/mol. The van der Waals surface area contributed by atoms with Crippen LogP contribution in [-0.2, 0) is 21.4 Å². The number of carbonyl (C=O) groups excluding carboxylic acids is 3. The zero-order valence-electron chi connectivity index (χ0n) is 26.1. The van der Waals surface area contributed by atoms with Gasteiger partial charge in [-0.3, -0.25) is 19.3 Å². The molecule has 0 aromatic heterocycles. The lowest BCUT2D eigenvalue weighted by molar-refractivity contribution is -0.144. The molecule has 1 spiro atoms. The fourth-order valence-electron chi connectivity index (χ4n) is 8.84. The summed E-state index contributed by atoms with van der Waals surface area (Å²) in [5.41, 5.74) is 3.16. The Morgan fingerprint density at radius 1 is 1.07 bits per heavy atom. The van der Waals surface area contributed by atoms with Gasteiger partial charge in [0.1, 0.15) is 11.9 Å². The van der Waals surface area contributed by atoms with Crippen molar-refractivity contribution in [3.05, 3.63) is 59.2 Å². The second-order valence-corrected chi connectivity index (χ2v) is 13.6. The number of Topliss-reactive ketones (excluding diaryl/α,β-unsaturated/α-hetero) is 2. The van der Waals surface area contributed by atoms with E-state index in [4.69, 9.17) is 9.47 Å². The second-order valence-electron chi connectivity index (χ2n) is 13.6. The lowest BCUT2D eigenvalue weighted by atomic mass is 9.51. The van der Waals surface area contributed by atoms with E-state index in [2.05, 4.69) is 29.7 Å². The molecule has 2 fully saturated rings. The van der Waals surface area contributed by atoms with Gasteiger partial charge in [0.05, 0.1) is 19.7 Å². The first-order valence-electron chi connectivity index (χ1n) is 16.2. The zero-order chi connectivity index (χ0) is 30.3. The van der Waals surface area contributed by atoms with E-state index in [1.807, 2.05) is 36.4 Å². The van der Waals surface area contributed by atoms with Crippen LogP contribution in [0, 0.1) is 11.8 Å². The first-order valence-corrected chi connectivity index (χ1v) is 16.2. The van der Waals surface area contributed by atoms with Crippen molar-refractivity contribution >= 4 is 17.5 Å². The van der Waals surface area contributed by atoms with E-state index in [1.54, 1.807) is 14.0 Å². The van der Waals surface area contributed by atoms with Gasteiger partial charge in [-0.1, -0.05) is 50.2 Å². The van der Waals surface area contributed by atoms with Crippen molar-refractivity contribution in [3.8, 4) is 11.5 Å². The van der Waals surface area contributed by atoms with Gasteiger partial charge in [0.2, 0.25) is 5.91 Å². The van der Waals surface area contributed by atoms with Crippen molar-refractivity contribution in [3.63, 3.8) is 0 Å². The summed E-state index contributed by atoms with van der Waals surface area (Å²) in [5, 5.41) is 0. The summed E-state index contributed by atoms with van der Waals surface area (Å²) >= 11 is 0. The molecule has 7 nitrogen and oxygen atoms in total. The fraction of sp³-hybridized carbons (Fsp3) is 0.583. The smallest absolute Gasteiger partial charge is 0.222 e. The van der Waals surface area contributed by atoms with Gasteiger partial charge < -0.3 is 14.4 Å². The quantitative estimate of drug-likeness (QED) is 0.237. The molecular weight excluding hydrogens is 540 g/mol. The van der Waals surface area contributed by atoms with Crippen LogP contribution in [0.3, 0.4) is 0 Å². The molecule has 2 heterocycles. The summed E-state index contributed by atoms with van der Waals surface area (Å²) in [6, 6.07) is 13.9. The largest absolute Gasteiger partial charge is 0.493 e. The minimum absolute atomic E-state index is 0.0276. The average Bonchev–Trinajstić information content (AvgIpc) is 3.34. The zero-order valence-corrected chi connectivity index (χ0v) is 26.1. The highest BCUT2D eigenvalue weighted by atomic mass is 16.5. The Balaban J connectivity index is 1.25. The Bertz CT molecular complexity index is 1370. The summed E-state index contributed by atoms with van der Waals surface area (Å²) in [5.74, 6) is 2.85. The van der Waals surface area contributed by atoms with Gasteiger partial charge in [-0.05, 0) is 75.5 Å². The van der Waals surface area contributed by atoms with Crippen LogP contribution in [0.5, 0.6) is 11.5 Å². The van der Waals surface area contributed by atoms with E-state index < -0.39 is 0 Å². The number of benzene rings is 2. The molecule has 0 radical (unpaired) electrons. The molecule has 0 unspecified atom stereocenters. The van der Waals surface area contributed by atoms with E-state index in [9.17, 15) is 14.4 Å². The lowest BCUT2D eigenvalue weighted by Crippen LogP contribution is -2.69. The Kier molecular flexibility index (Phi) is 8.38. The standard InChI is InChI=1S/C36H46N2O5/c1-23(2)21-38(32(41)13-9-8-12-30(40)25-10-6-5-7-11-25)28-16-15-27-29-20-26-14-17-31(42-4)34-33(26)36(27,35(28)43-34)18-19-37(29)22-24(3)39/h5-7,10-11,14,17,23,27-29,35H,8-9,12-13,15-16,18-22H2,1-4H3/t27-,28+,29+,35-,36-/m0/s1. The third kappa shape index (κ3) is 5.28. The highest BCUT2D eigenvalue weighted by Crippen LogP contribution is 2.64. The molecule has 2 aliphatic carbocycles. The Morgan fingerprint density at radius 3 is 2.56 bits per heavy atom. The van der Waals surface area contributed by atoms with Crippen LogP contribution in [-0.4, -0.2) is 72.2 Å². The van der Waals surface area contributed by atoms with E-state index in [-0.39, 0.29) is 35.0 Å². The van der Waals surface area contributed by atoms with Crippen LogP contribution in [0.4, 0.5) is 0 Å². The van der Waals surface area contributed by atoms with Gasteiger partial charge in [-0.25, -0.2) is 0 Å². The maximum absolute atomic E-state index is 14.0. The van der Waals surface area contributed by atoms with Crippen LogP contribution in [0.15, 0.2) is 42.5 Å². The van der Waals surface area contributed by atoms with Crippen molar-refractivity contribution in [2.45, 2.75) is 95.7 Å². The molecule has 2 bridgehead atoms. The van der Waals surface area contributed by atoms with Gasteiger partial charge >= 0.3 is 0 Å². The number of ether oxygens (including phenoxy) is 2. The first kappa shape index (κ1) is 29.9. The van der Waals surface area contributed by atoms with Gasteiger partial charge in [-0.2, -0.15) is 0 Å². The highest BCUT2D eigenvalue weighted by Gasteiger charge is 2.66. The number of hydrogen-bond acceptors (Lipinski definition) is 6.